The highest BCUT2D eigenvalue weighted by Crippen LogP contribution is 2.26. The molecule has 144 valence electrons. The first kappa shape index (κ1) is 18.5. The number of amides is 4. The number of rotatable bonds is 3. The van der Waals surface area contributed by atoms with E-state index >= 15 is 0 Å². The zero-order valence-electron chi connectivity index (χ0n) is 14.8. The van der Waals surface area contributed by atoms with Crippen molar-refractivity contribution in [1.82, 2.24) is 20.2 Å². The highest BCUT2D eigenvalue weighted by Gasteiger charge is 2.22. The van der Waals surface area contributed by atoms with Gasteiger partial charge in [-0.3, -0.25) is 19.9 Å². The standard InChI is InChI=1S/C18H17N5O3S2/c24-14(22-18(26)23-7-2-1-3-8-23)11-5-9-27-16(11)21-15(25)17-20-12-10-19-6-4-13(12)28-17/h4-6,9-10H,1-3,7-8H2,(H,21,25)(H,22,24,26). The summed E-state index contributed by atoms with van der Waals surface area (Å²) in [6.45, 7) is 1.30. The van der Waals surface area contributed by atoms with E-state index < -0.39 is 17.8 Å². The fourth-order valence-electron chi connectivity index (χ4n) is 2.96. The Bertz CT molecular complexity index is 1010. The van der Waals surface area contributed by atoms with E-state index in [-0.39, 0.29) is 10.6 Å². The van der Waals surface area contributed by atoms with Crippen LogP contribution in [0.4, 0.5) is 9.80 Å². The summed E-state index contributed by atoms with van der Waals surface area (Å²) in [5, 5.41) is 7.49. The number of urea groups is 1. The van der Waals surface area contributed by atoms with E-state index in [1.165, 1.54) is 22.7 Å². The van der Waals surface area contributed by atoms with E-state index in [0.29, 0.717) is 23.6 Å². The lowest BCUT2D eigenvalue weighted by Gasteiger charge is -2.26. The van der Waals surface area contributed by atoms with Crippen LogP contribution in [0.2, 0.25) is 0 Å². The van der Waals surface area contributed by atoms with Gasteiger partial charge in [-0.25, -0.2) is 9.78 Å². The molecule has 1 aliphatic heterocycles. The summed E-state index contributed by atoms with van der Waals surface area (Å²) in [6.07, 6.45) is 6.22. The molecule has 28 heavy (non-hydrogen) atoms. The molecule has 10 heteroatoms. The topological polar surface area (TPSA) is 104 Å². The van der Waals surface area contributed by atoms with Crippen LogP contribution in [0.25, 0.3) is 10.2 Å². The van der Waals surface area contributed by atoms with E-state index in [4.69, 9.17) is 0 Å². The summed E-state index contributed by atoms with van der Waals surface area (Å²) in [7, 11) is 0. The van der Waals surface area contributed by atoms with Crippen molar-refractivity contribution in [1.29, 1.82) is 0 Å². The lowest BCUT2D eigenvalue weighted by atomic mass is 10.1. The molecule has 0 aromatic carbocycles. The van der Waals surface area contributed by atoms with Gasteiger partial charge in [-0.15, -0.1) is 22.7 Å². The Hall–Kier alpha value is -2.85. The molecule has 4 amide bonds. The first-order valence-electron chi connectivity index (χ1n) is 8.81. The van der Waals surface area contributed by atoms with Crippen molar-refractivity contribution in [2.75, 3.05) is 18.4 Å². The quantitative estimate of drug-likeness (QED) is 0.683. The number of anilines is 1. The largest absolute Gasteiger partial charge is 0.324 e. The minimum atomic E-state index is -0.527. The van der Waals surface area contributed by atoms with Crippen molar-refractivity contribution >= 4 is 55.7 Å². The number of nitrogens with one attached hydrogen (secondary N) is 2. The molecule has 0 aliphatic carbocycles. The number of carbonyl (C=O) groups excluding carboxylic acids is 3. The Labute approximate surface area is 168 Å². The predicted molar refractivity (Wildman–Crippen MR) is 108 cm³/mol. The number of imide groups is 1. The highest BCUT2D eigenvalue weighted by atomic mass is 32.1. The van der Waals surface area contributed by atoms with Crippen LogP contribution in [-0.4, -0.2) is 45.8 Å². The summed E-state index contributed by atoms with van der Waals surface area (Å²) >= 11 is 2.47. The van der Waals surface area contributed by atoms with Gasteiger partial charge in [-0.05, 0) is 36.8 Å². The van der Waals surface area contributed by atoms with Crippen LogP contribution in [0.15, 0.2) is 29.9 Å². The van der Waals surface area contributed by atoms with Gasteiger partial charge in [0.15, 0.2) is 5.01 Å². The first-order chi connectivity index (χ1) is 13.6. The maximum atomic E-state index is 12.5. The van der Waals surface area contributed by atoms with Crippen molar-refractivity contribution in [2.45, 2.75) is 19.3 Å². The van der Waals surface area contributed by atoms with Crippen LogP contribution in [0, 0.1) is 0 Å². The normalized spacial score (nSPS) is 14.1. The minimum absolute atomic E-state index is 0.256. The number of piperidine rings is 1. The smallest absolute Gasteiger partial charge is 0.324 e. The first-order valence-corrected chi connectivity index (χ1v) is 10.5. The summed E-state index contributed by atoms with van der Waals surface area (Å²) in [4.78, 5) is 47.2. The number of pyridine rings is 1. The zero-order valence-corrected chi connectivity index (χ0v) is 16.4. The second kappa shape index (κ2) is 8.03. The summed E-state index contributed by atoms with van der Waals surface area (Å²) in [5.74, 6) is -0.930. The Balaban J connectivity index is 1.45. The van der Waals surface area contributed by atoms with E-state index in [2.05, 4.69) is 20.6 Å². The summed E-state index contributed by atoms with van der Waals surface area (Å²) < 4.78 is 0.858. The van der Waals surface area contributed by atoms with Crippen molar-refractivity contribution in [3.8, 4) is 0 Å². The maximum Gasteiger partial charge on any atom is 0.324 e. The molecule has 1 saturated heterocycles. The van der Waals surface area contributed by atoms with Gasteiger partial charge in [-0.1, -0.05) is 0 Å². The van der Waals surface area contributed by atoms with Gasteiger partial charge >= 0.3 is 6.03 Å². The molecule has 0 atom stereocenters. The molecule has 0 bridgehead atoms. The number of thiophene rings is 1. The third-order valence-corrected chi connectivity index (χ3v) is 6.25. The van der Waals surface area contributed by atoms with Crippen LogP contribution in [-0.2, 0) is 0 Å². The van der Waals surface area contributed by atoms with Gasteiger partial charge < -0.3 is 10.2 Å². The summed E-state index contributed by atoms with van der Waals surface area (Å²) in [6, 6.07) is 2.98. The Morgan fingerprint density at radius 1 is 1.07 bits per heavy atom. The van der Waals surface area contributed by atoms with Gasteiger partial charge in [0.05, 0.1) is 16.5 Å². The Kier molecular flexibility index (Phi) is 5.31. The summed E-state index contributed by atoms with van der Waals surface area (Å²) in [5.41, 5.74) is 0.903. The number of hydrogen-bond donors (Lipinski definition) is 2. The van der Waals surface area contributed by atoms with Gasteiger partial charge in [0.25, 0.3) is 11.8 Å². The molecule has 8 nitrogen and oxygen atoms in total. The fourth-order valence-corrected chi connectivity index (χ4v) is 4.57. The molecule has 3 aromatic rings. The van der Waals surface area contributed by atoms with Crippen LogP contribution in [0.1, 0.15) is 39.4 Å². The second-order valence-corrected chi connectivity index (χ2v) is 8.23. The molecule has 2 N–H and O–H groups in total. The lowest BCUT2D eigenvalue weighted by Crippen LogP contribution is -2.45. The van der Waals surface area contributed by atoms with E-state index in [0.717, 1.165) is 24.0 Å². The van der Waals surface area contributed by atoms with Gasteiger partial charge in [0.2, 0.25) is 0 Å². The zero-order chi connectivity index (χ0) is 19.5. The number of likely N-dealkylation sites (tertiary alicyclic amines) is 1. The molecule has 0 radical (unpaired) electrons. The molecule has 0 unspecified atom stereocenters. The van der Waals surface area contributed by atoms with Gasteiger partial charge in [0.1, 0.15) is 10.5 Å². The third kappa shape index (κ3) is 3.87. The average molecular weight is 416 g/mol. The number of hydrogen-bond acceptors (Lipinski definition) is 7. The molecular weight excluding hydrogens is 398 g/mol. The van der Waals surface area contributed by atoms with Gasteiger partial charge in [0, 0.05) is 19.3 Å². The van der Waals surface area contributed by atoms with Crippen molar-refractivity contribution in [2.24, 2.45) is 0 Å². The van der Waals surface area contributed by atoms with Crippen molar-refractivity contribution in [3.05, 3.63) is 40.5 Å². The maximum absolute atomic E-state index is 12.5. The number of carbonyl (C=O) groups is 3. The SMILES string of the molecule is O=C(Nc1sccc1C(=O)NC(=O)N1CCCCC1)c1nc2cnccc2s1. The molecule has 0 saturated carbocycles. The predicted octanol–water partition coefficient (Wildman–Crippen LogP) is 3.34. The van der Waals surface area contributed by atoms with Crippen LogP contribution in [0.3, 0.4) is 0 Å². The van der Waals surface area contributed by atoms with E-state index in [1.807, 2.05) is 0 Å². The third-order valence-electron chi connectivity index (χ3n) is 4.38. The fraction of sp³-hybridized carbons (Fsp3) is 0.278. The average Bonchev–Trinajstić information content (AvgIpc) is 3.35. The molecule has 4 heterocycles. The molecule has 3 aromatic heterocycles. The van der Waals surface area contributed by atoms with Gasteiger partial charge in [-0.2, -0.15) is 0 Å². The number of aromatic nitrogens is 2. The monoisotopic (exact) mass is 415 g/mol. The van der Waals surface area contributed by atoms with Crippen LogP contribution in [0.5, 0.6) is 0 Å². The molecule has 1 aliphatic rings. The van der Waals surface area contributed by atoms with E-state index in [9.17, 15) is 14.4 Å². The number of fused-ring (bicyclic) bond motifs is 1. The number of thiazole rings is 1. The van der Waals surface area contributed by atoms with Crippen molar-refractivity contribution < 1.29 is 14.4 Å². The van der Waals surface area contributed by atoms with Crippen LogP contribution < -0.4 is 10.6 Å². The molecule has 0 spiro atoms. The lowest BCUT2D eigenvalue weighted by molar-refractivity contribution is 0.0950. The second-order valence-electron chi connectivity index (χ2n) is 6.29. The Morgan fingerprint density at radius 3 is 2.68 bits per heavy atom. The van der Waals surface area contributed by atoms with Crippen LogP contribution >= 0.6 is 22.7 Å². The molecular formula is C18H17N5O3S2. The number of nitrogens with zero attached hydrogens (tertiary/aromatic N) is 3. The molecule has 4 rings (SSSR count). The molecule has 1 fully saturated rings. The Morgan fingerprint density at radius 2 is 1.89 bits per heavy atom. The highest BCUT2D eigenvalue weighted by molar-refractivity contribution is 7.20. The minimum Gasteiger partial charge on any atom is -0.324 e. The van der Waals surface area contributed by atoms with Crippen molar-refractivity contribution in [3.63, 3.8) is 0 Å². The van der Waals surface area contributed by atoms with E-state index in [1.54, 1.807) is 34.8 Å².